The smallest absolute Gasteiger partial charge is 0.123 e. The predicted octanol–water partition coefficient (Wildman–Crippen LogP) is 2.75. The second-order valence-corrected chi connectivity index (χ2v) is 3.99. The first-order valence-electron chi connectivity index (χ1n) is 5.01. The molecule has 0 radical (unpaired) electrons. The monoisotopic (exact) mass is 244 g/mol. The van der Waals surface area contributed by atoms with E-state index in [4.69, 9.17) is 17.5 Å². The van der Waals surface area contributed by atoms with Gasteiger partial charge in [-0.05, 0) is 29.7 Å². The minimum atomic E-state index is -0.349. The molecule has 2 aromatic rings. The molecule has 2 aromatic carbocycles. The third kappa shape index (κ3) is 2.10. The molecule has 0 unspecified atom stereocenters. The number of nitrogens with one attached hydrogen (secondary N) is 1. The lowest BCUT2D eigenvalue weighted by atomic mass is 10.0. The maximum absolute atomic E-state index is 13.1. The van der Waals surface area contributed by atoms with Gasteiger partial charge in [0, 0.05) is 18.0 Å². The molecule has 0 spiro atoms. The van der Waals surface area contributed by atoms with Gasteiger partial charge in [-0.15, -0.1) is 0 Å². The van der Waals surface area contributed by atoms with Crippen molar-refractivity contribution < 1.29 is 4.39 Å². The van der Waals surface area contributed by atoms with Crippen LogP contribution in [0.3, 0.4) is 0 Å². The zero-order chi connectivity index (χ0) is 12.4. The van der Waals surface area contributed by atoms with Crippen LogP contribution in [0.5, 0.6) is 0 Å². The Labute approximate surface area is 104 Å². The van der Waals surface area contributed by atoms with E-state index in [1.807, 2.05) is 6.07 Å². The molecular formula is C13H9FN2S. The Morgan fingerprint density at radius 2 is 2.12 bits per heavy atom. The van der Waals surface area contributed by atoms with Gasteiger partial charge in [0.05, 0.1) is 11.6 Å². The fourth-order valence-electron chi connectivity index (χ4n) is 1.70. The Balaban J connectivity index is 2.76. The van der Waals surface area contributed by atoms with Crippen molar-refractivity contribution in [2.75, 3.05) is 7.05 Å². The van der Waals surface area contributed by atoms with Crippen molar-refractivity contribution in [3.05, 3.63) is 47.3 Å². The zero-order valence-electron chi connectivity index (χ0n) is 9.12. The zero-order valence-corrected chi connectivity index (χ0v) is 9.94. The summed E-state index contributed by atoms with van der Waals surface area (Å²) in [5.41, 5.74) is 1.19. The predicted molar refractivity (Wildman–Crippen MR) is 69.4 cm³/mol. The van der Waals surface area contributed by atoms with Gasteiger partial charge in [-0.2, -0.15) is 5.26 Å². The van der Waals surface area contributed by atoms with Gasteiger partial charge in [-0.3, -0.25) is 0 Å². The van der Waals surface area contributed by atoms with E-state index in [1.54, 1.807) is 19.2 Å². The molecule has 0 saturated carbocycles. The van der Waals surface area contributed by atoms with E-state index >= 15 is 0 Å². The summed E-state index contributed by atoms with van der Waals surface area (Å²) in [6.07, 6.45) is 0. The summed E-state index contributed by atoms with van der Waals surface area (Å²) in [5.74, 6) is -0.349. The topological polar surface area (TPSA) is 35.8 Å². The Kier molecular flexibility index (Phi) is 3.03. The van der Waals surface area contributed by atoms with Gasteiger partial charge in [0.2, 0.25) is 0 Å². The van der Waals surface area contributed by atoms with E-state index in [-0.39, 0.29) is 5.82 Å². The number of halogens is 1. The van der Waals surface area contributed by atoms with Crippen LogP contribution in [0.15, 0.2) is 30.3 Å². The quantitative estimate of drug-likeness (QED) is 0.783. The third-order valence-electron chi connectivity index (χ3n) is 2.53. The summed E-state index contributed by atoms with van der Waals surface area (Å²) in [7, 11) is 1.73. The molecule has 0 aliphatic carbocycles. The molecule has 0 aromatic heterocycles. The average molecular weight is 244 g/mol. The maximum atomic E-state index is 13.1. The Bertz CT molecular complexity index is 644. The molecule has 1 N–H and O–H groups in total. The number of nitrogens with zero attached hydrogens (tertiary/aromatic N) is 1. The summed E-state index contributed by atoms with van der Waals surface area (Å²) in [4.78, 5) is 0.563. The van der Waals surface area contributed by atoms with Gasteiger partial charge < -0.3 is 5.32 Å². The SMILES string of the molecule is CNC(=S)c1cc(C#N)c2cc(F)ccc2c1. The number of hydrogen-bond acceptors (Lipinski definition) is 2. The second kappa shape index (κ2) is 4.48. The van der Waals surface area contributed by atoms with Crippen LogP contribution in [0, 0.1) is 17.1 Å². The van der Waals surface area contributed by atoms with Crippen LogP contribution < -0.4 is 5.32 Å². The molecule has 0 aliphatic rings. The number of thiocarbonyl (C=S) groups is 1. The fraction of sp³-hybridized carbons (Fsp3) is 0.0769. The second-order valence-electron chi connectivity index (χ2n) is 3.58. The first-order valence-corrected chi connectivity index (χ1v) is 5.42. The highest BCUT2D eigenvalue weighted by Gasteiger charge is 2.07. The van der Waals surface area contributed by atoms with Gasteiger partial charge in [-0.25, -0.2) is 4.39 Å². The van der Waals surface area contributed by atoms with Crippen molar-refractivity contribution in [1.29, 1.82) is 5.26 Å². The number of nitriles is 1. The number of hydrogen-bond donors (Lipinski definition) is 1. The minimum Gasteiger partial charge on any atom is -0.379 e. The summed E-state index contributed by atoms with van der Waals surface area (Å²) >= 11 is 5.12. The Morgan fingerprint density at radius 1 is 1.35 bits per heavy atom. The van der Waals surface area contributed by atoms with E-state index in [0.717, 1.165) is 10.9 Å². The first kappa shape index (κ1) is 11.5. The highest BCUT2D eigenvalue weighted by Crippen LogP contribution is 2.22. The molecule has 4 heteroatoms. The van der Waals surface area contributed by atoms with Gasteiger partial charge in [0.1, 0.15) is 10.8 Å². The maximum Gasteiger partial charge on any atom is 0.123 e. The standard InChI is InChI=1S/C13H9FN2S/c1-16-13(17)9-4-8-2-3-11(14)6-12(8)10(5-9)7-15/h2-6H,1H3,(H,16,17). The molecule has 2 rings (SSSR count). The molecule has 2 nitrogen and oxygen atoms in total. The van der Waals surface area contributed by atoms with Gasteiger partial charge >= 0.3 is 0 Å². The van der Waals surface area contributed by atoms with Crippen LogP contribution in [-0.4, -0.2) is 12.0 Å². The van der Waals surface area contributed by atoms with Gasteiger partial charge in [0.15, 0.2) is 0 Å². The molecule has 0 fully saturated rings. The van der Waals surface area contributed by atoms with Crippen LogP contribution in [0.1, 0.15) is 11.1 Å². The lowest BCUT2D eigenvalue weighted by Crippen LogP contribution is -2.16. The van der Waals surface area contributed by atoms with Gasteiger partial charge in [0.25, 0.3) is 0 Å². The van der Waals surface area contributed by atoms with Crippen molar-refractivity contribution in [2.24, 2.45) is 0 Å². The Morgan fingerprint density at radius 3 is 2.76 bits per heavy atom. The highest BCUT2D eigenvalue weighted by molar-refractivity contribution is 7.80. The lowest BCUT2D eigenvalue weighted by Gasteiger charge is -2.07. The van der Waals surface area contributed by atoms with Crippen molar-refractivity contribution in [2.45, 2.75) is 0 Å². The largest absolute Gasteiger partial charge is 0.379 e. The van der Waals surface area contributed by atoms with E-state index in [9.17, 15) is 4.39 Å². The highest BCUT2D eigenvalue weighted by atomic mass is 32.1. The van der Waals surface area contributed by atoms with Crippen molar-refractivity contribution in [3.8, 4) is 6.07 Å². The van der Waals surface area contributed by atoms with Gasteiger partial charge in [-0.1, -0.05) is 18.3 Å². The van der Waals surface area contributed by atoms with Crippen molar-refractivity contribution in [1.82, 2.24) is 5.32 Å². The molecule has 0 amide bonds. The van der Waals surface area contributed by atoms with E-state index in [1.165, 1.54) is 12.1 Å². The molecule has 0 atom stereocenters. The Hall–Kier alpha value is -1.99. The summed E-state index contributed by atoms with van der Waals surface area (Å²) in [5, 5.41) is 13.3. The third-order valence-corrected chi connectivity index (χ3v) is 2.97. The normalized spacial score (nSPS) is 9.94. The van der Waals surface area contributed by atoms with Crippen LogP contribution >= 0.6 is 12.2 Å². The van der Waals surface area contributed by atoms with E-state index < -0.39 is 0 Å². The van der Waals surface area contributed by atoms with Crippen LogP contribution in [0.25, 0.3) is 10.8 Å². The van der Waals surface area contributed by atoms with Crippen LogP contribution in [0.4, 0.5) is 4.39 Å². The van der Waals surface area contributed by atoms with E-state index in [0.29, 0.717) is 15.9 Å². The number of fused-ring (bicyclic) bond motifs is 1. The fourth-order valence-corrected chi connectivity index (χ4v) is 1.82. The molecule has 0 bridgehead atoms. The number of rotatable bonds is 1. The molecule has 0 aliphatic heterocycles. The van der Waals surface area contributed by atoms with Crippen LogP contribution in [0.2, 0.25) is 0 Å². The average Bonchev–Trinajstić information content (AvgIpc) is 2.36. The van der Waals surface area contributed by atoms with E-state index in [2.05, 4.69) is 11.4 Å². The molecule has 0 saturated heterocycles. The summed E-state index contributed by atoms with van der Waals surface area (Å²) in [6, 6.07) is 9.95. The molecule has 84 valence electrons. The number of benzene rings is 2. The lowest BCUT2D eigenvalue weighted by molar-refractivity contribution is 0.629. The van der Waals surface area contributed by atoms with Crippen molar-refractivity contribution >= 4 is 28.0 Å². The summed E-state index contributed by atoms with van der Waals surface area (Å²) < 4.78 is 13.1. The first-order chi connectivity index (χ1) is 8.15. The van der Waals surface area contributed by atoms with Crippen molar-refractivity contribution in [3.63, 3.8) is 0 Å². The molecule has 0 heterocycles. The molecule has 17 heavy (non-hydrogen) atoms. The summed E-state index contributed by atoms with van der Waals surface area (Å²) in [6.45, 7) is 0. The minimum absolute atomic E-state index is 0.349. The van der Waals surface area contributed by atoms with Crippen LogP contribution in [-0.2, 0) is 0 Å². The molecular weight excluding hydrogens is 235 g/mol.